The predicted molar refractivity (Wildman–Crippen MR) is 70.9 cm³/mol. The average Bonchev–Trinajstić information content (AvgIpc) is 2.38. The molecular weight excluding hydrogens is 273 g/mol. The minimum Gasteiger partial charge on any atom is -0.409 e. The lowest BCUT2D eigenvalue weighted by molar-refractivity contribution is 0.0940. The number of carbonyl (C=O) groups excluding carboxylic acids is 1. The van der Waals surface area contributed by atoms with Crippen LogP contribution in [0.1, 0.15) is 24.2 Å². The molecule has 0 radical (unpaired) electrons. The third-order valence-electron chi connectivity index (χ3n) is 2.69. The number of halogens is 2. The summed E-state index contributed by atoms with van der Waals surface area (Å²) < 4.78 is 13.6. The van der Waals surface area contributed by atoms with Gasteiger partial charge in [0.15, 0.2) is 5.82 Å². The quantitative estimate of drug-likeness (QED) is 0.342. The van der Waals surface area contributed by atoms with E-state index in [-0.39, 0.29) is 23.0 Å². The summed E-state index contributed by atoms with van der Waals surface area (Å²) in [4.78, 5) is 11.8. The van der Waals surface area contributed by atoms with Gasteiger partial charge in [-0.3, -0.25) is 4.79 Å². The molecule has 0 aliphatic heterocycles. The summed E-state index contributed by atoms with van der Waals surface area (Å²) in [5.74, 6) is -1.42. The van der Waals surface area contributed by atoms with E-state index in [2.05, 4.69) is 10.5 Å². The number of hydrogen-bond donors (Lipinski definition) is 3. The largest absolute Gasteiger partial charge is 0.409 e. The van der Waals surface area contributed by atoms with Crippen LogP contribution in [0.5, 0.6) is 0 Å². The third kappa shape index (κ3) is 3.57. The van der Waals surface area contributed by atoms with Crippen LogP contribution in [-0.4, -0.2) is 23.5 Å². The Kier molecular flexibility index (Phi) is 4.72. The van der Waals surface area contributed by atoms with Crippen molar-refractivity contribution in [3.05, 3.63) is 34.6 Å². The smallest absolute Gasteiger partial charge is 0.254 e. The van der Waals surface area contributed by atoms with Gasteiger partial charge in [-0.25, -0.2) is 4.39 Å². The highest BCUT2D eigenvalue weighted by atomic mass is 35.5. The van der Waals surface area contributed by atoms with Gasteiger partial charge in [0.25, 0.3) is 5.91 Å². The van der Waals surface area contributed by atoms with Gasteiger partial charge in [-0.15, -0.1) is 0 Å². The average molecular weight is 288 g/mol. The maximum absolute atomic E-state index is 13.6. The first-order valence-corrected chi connectivity index (χ1v) is 5.87. The Bertz CT molecular complexity index is 518. The van der Waals surface area contributed by atoms with Gasteiger partial charge in [-0.1, -0.05) is 36.7 Å². The van der Waals surface area contributed by atoms with Gasteiger partial charge < -0.3 is 16.3 Å². The van der Waals surface area contributed by atoms with Crippen molar-refractivity contribution in [2.45, 2.75) is 13.8 Å². The van der Waals surface area contributed by atoms with Crippen LogP contribution in [0, 0.1) is 11.2 Å². The van der Waals surface area contributed by atoms with Gasteiger partial charge in [0.2, 0.25) is 0 Å². The molecule has 19 heavy (non-hydrogen) atoms. The van der Waals surface area contributed by atoms with Crippen LogP contribution in [0.3, 0.4) is 0 Å². The summed E-state index contributed by atoms with van der Waals surface area (Å²) in [7, 11) is 0. The number of rotatable bonds is 4. The minimum atomic E-state index is -0.775. The summed E-state index contributed by atoms with van der Waals surface area (Å²) in [6, 6.07) is 4.16. The van der Waals surface area contributed by atoms with Crippen LogP contribution in [0.4, 0.5) is 4.39 Å². The molecule has 1 aromatic rings. The highest BCUT2D eigenvalue weighted by molar-refractivity contribution is 6.31. The van der Waals surface area contributed by atoms with E-state index in [1.807, 2.05) is 0 Å². The van der Waals surface area contributed by atoms with Crippen LogP contribution in [0.2, 0.25) is 5.02 Å². The summed E-state index contributed by atoms with van der Waals surface area (Å²) in [6.07, 6.45) is 0. The zero-order chi connectivity index (χ0) is 14.6. The lowest BCUT2D eigenvalue weighted by Gasteiger charge is -2.23. The molecule has 5 nitrogen and oxygen atoms in total. The van der Waals surface area contributed by atoms with E-state index in [4.69, 9.17) is 22.5 Å². The second kappa shape index (κ2) is 5.88. The highest BCUT2D eigenvalue weighted by Gasteiger charge is 2.25. The second-order valence-electron chi connectivity index (χ2n) is 4.65. The maximum atomic E-state index is 13.6. The molecule has 104 valence electrons. The van der Waals surface area contributed by atoms with E-state index in [1.165, 1.54) is 18.2 Å². The Morgan fingerprint density at radius 3 is 2.79 bits per heavy atom. The maximum Gasteiger partial charge on any atom is 0.254 e. The van der Waals surface area contributed by atoms with Crippen LogP contribution in [0.15, 0.2) is 23.4 Å². The van der Waals surface area contributed by atoms with Gasteiger partial charge in [-0.05, 0) is 12.1 Å². The zero-order valence-corrected chi connectivity index (χ0v) is 11.3. The van der Waals surface area contributed by atoms with Crippen molar-refractivity contribution in [1.82, 2.24) is 5.32 Å². The van der Waals surface area contributed by atoms with Crippen molar-refractivity contribution in [3.63, 3.8) is 0 Å². The number of nitrogens with one attached hydrogen (secondary N) is 1. The van der Waals surface area contributed by atoms with Crippen molar-refractivity contribution in [3.8, 4) is 0 Å². The van der Waals surface area contributed by atoms with E-state index in [0.717, 1.165) is 0 Å². The van der Waals surface area contributed by atoms with E-state index in [1.54, 1.807) is 13.8 Å². The van der Waals surface area contributed by atoms with E-state index >= 15 is 0 Å². The summed E-state index contributed by atoms with van der Waals surface area (Å²) in [5.41, 5.74) is 4.58. The molecule has 0 aliphatic carbocycles. The Hall–Kier alpha value is -1.82. The Balaban J connectivity index is 2.79. The number of amides is 1. The molecule has 1 amide bonds. The van der Waals surface area contributed by atoms with Crippen LogP contribution in [0.25, 0.3) is 0 Å². The lowest BCUT2D eigenvalue weighted by atomic mass is 9.92. The lowest BCUT2D eigenvalue weighted by Crippen LogP contribution is -2.42. The highest BCUT2D eigenvalue weighted by Crippen LogP contribution is 2.18. The van der Waals surface area contributed by atoms with Crippen molar-refractivity contribution in [1.29, 1.82) is 0 Å². The van der Waals surface area contributed by atoms with Gasteiger partial charge in [0.05, 0.1) is 10.6 Å². The zero-order valence-electron chi connectivity index (χ0n) is 10.6. The molecule has 7 heteroatoms. The van der Waals surface area contributed by atoms with E-state index < -0.39 is 17.1 Å². The Morgan fingerprint density at radius 2 is 2.21 bits per heavy atom. The number of carbonyl (C=O) groups is 1. The van der Waals surface area contributed by atoms with Crippen molar-refractivity contribution < 1.29 is 14.4 Å². The first-order chi connectivity index (χ1) is 8.79. The van der Waals surface area contributed by atoms with Crippen molar-refractivity contribution in [2.75, 3.05) is 6.54 Å². The Morgan fingerprint density at radius 1 is 1.58 bits per heavy atom. The van der Waals surface area contributed by atoms with Gasteiger partial charge in [0.1, 0.15) is 5.84 Å². The molecule has 1 aromatic carbocycles. The number of benzene rings is 1. The van der Waals surface area contributed by atoms with Crippen LogP contribution >= 0.6 is 11.6 Å². The fourth-order valence-electron chi connectivity index (χ4n) is 1.30. The van der Waals surface area contributed by atoms with Crippen molar-refractivity contribution >= 4 is 23.3 Å². The summed E-state index contributed by atoms with van der Waals surface area (Å²) in [6.45, 7) is 3.45. The fourth-order valence-corrected chi connectivity index (χ4v) is 1.48. The molecule has 0 saturated heterocycles. The van der Waals surface area contributed by atoms with Gasteiger partial charge >= 0.3 is 0 Å². The molecule has 0 aromatic heterocycles. The fraction of sp³-hybridized carbons (Fsp3) is 0.333. The topological polar surface area (TPSA) is 87.7 Å². The molecule has 4 N–H and O–H groups in total. The molecule has 0 unspecified atom stereocenters. The van der Waals surface area contributed by atoms with Crippen LogP contribution in [-0.2, 0) is 0 Å². The molecule has 0 heterocycles. The molecule has 0 spiro atoms. The van der Waals surface area contributed by atoms with E-state index in [0.29, 0.717) is 0 Å². The first-order valence-electron chi connectivity index (χ1n) is 5.50. The van der Waals surface area contributed by atoms with Gasteiger partial charge in [0, 0.05) is 12.0 Å². The standard InChI is InChI=1S/C12H15ClFN3O2/c1-12(2,11(15)17-19)6-16-10(18)7-4-3-5-8(13)9(7)14/h3-5,19H,6H2,1-2H3,(H2,15,17)(H,16,18). The molecule has 0 fully saturated rings. The number of hydrogen-bond acceptors (Lipinski definition) is 3. The predicted octanol–water partition coefficient (Wildman–Crippen LogP) is 1.98. The van der Waals surface area contributed by atoms with Crippen molar-refractivity contribution in [2.24, 2.45) is 16.3 Å². The molecule has 0 bridgehead atoms. The Labute approximate surface area is 115 Å². The van der Waals surface area contributed by atoms with Gasteiger partial charge in [-0.2, -0.15) is 0 Å². The summed E-state index contributed by atoms with van der Waals surface area (Å²) >= 11 is 5.59. The molecule has 0 saturated carbocycles. The SMILES string of the molecule is CC(C)(CNC(=O)c1cccc(Cl)c1F)/C(N)=N/O. The van der Waals surface area contributed by atoms with Crippen LogP contribution < -0.4 is 11.1 Å². The van der Waals surface area contributed by atoms with E-state index in [9.17, 15) is 9.18 Å². The molecule has 0 aliphatic rings. The molecule has 1 rings (SSSR count). The third-order valence-corrected chi connectivity index (χ3v) is 2.98. The summed E-state index contributed by atoms with van der Waals surface area (Å²) in [5, 5.41) is 13.9. The number of nitrogens with zero attached hydrogens (tertiary/aromatic N) is 1. The number of oxime groups is 1. The number of nitrogens with two attached hydrogens (primary N) is 1. The molecule has 0 atom stereocenters. The molecular formula is C12H15ClFN3O2. The monoisotopic (exact) mass is 287 g/mol. The normalized spacial score (nSPS) is 12.3. The number of amidine groups is 1. The second-order valence-corrected chi connectivity index (χ2v) is 5.06. The minimum absolute atomic E-state index is 0.0284. The first kappa shape index (κ1) is 15.2.